The Labute approximate surface area is 61.2 Å². The van der Waals surface area contributed by atoms with Crippen molar-refractivity contribution < 1.29 is 13.2 Å². The summed E-state index contributed by atoms with van der Waals surface area (Å²) in [5.41, 5.74) is 0. The molecule has 0 aromatic carbocycles. The molecule has 0 saturated heterocycles. The number of nitrogens with zero attached hydrogens (tertiary/aromatic N) is 1. The van der Waals surface area contributed by atoms with Gasteiger partial charge in [-0.1, -0.05) is 6.92 Å². The predicted molar refractivity (Wildman–Crippen MR) is 33.6 cm³/mol. The molecular formula is C5H6F3NS. The Balaban J connectivity index is 3.98. The zero-order chi connectivity index (χ0) is 8.20. The van der Waals surface area contributed by atoms with Crippen LogP contribution in [0.1, 0.15) is 6.92 Å². The van der Waals surface area contributed by atoms with Crippen molar-refractivity contribution in [3.8, 4) is 6.07 Å². The first kappa shape index (κ1) is 9.63. The van der Waals surface area contributed by atoms with Gasteiger partial charge in [0.05, 0.1) is 6.07 Å². The monoisotopic (exact) mass is 169 g/mol. The van der Waals surface area contributed by atoms with Gasteiger partial charge >= 0.3 is 6.18 Å². The molecule has 0 N–H and O–H groups in total. The van der Waals surface area contributed by atoms with Gasteiger partial charge in [0, 0.05) is 0 Å². The first-order valence-corrected chi connectivity index (χ1v) is 3.65. The Morgan fingerprint density at radius 1 is 1.60 bits per heavy atom. The summed E-state index contributed by atoms with van der Waals surface area (Å²) in [5.74, 6) is 0.303. The normalized spacial score (nSPS) is 14.3. The van der Waals surface area contributed by atoms with Gasteiger partial charge in [-0.3, -0.25) is 0 Å². The molecule has 0 rings (SSSR count). The Hall–Kier alpha value is -0.370. The van der Waals surface area contributed by atoms with E-state index in [-0.39, 0.29) is 0 Å². The van der Waals surface area contributed by atoms with Crippen LogP contribution >= 0.6 is 11.8 Å². The molecule has 10 heavy (non-hydrogen) atoms. The highest BCUT2D eigenvalue weighted by Crippen LogP contribution is 2.29. The number of nitriles is 1. The molecule has 0 aliphatic carbocycles. The molecule has 0 fully saturated rings. The smallest absolute Gasteiger partial charge is 0.197 e. The van der Waals surface area contributed by atoms with Gasteiger partial charge in [-0.25, -0.2) is 0 Å². The van der Waals surface area contributed by atoms with Gasteiger partial charge in [0.1, 0.15) is 0 Å². The molecule has 0 aromatic heterocycles. The maximum absolute atomic E-state index is 11.7. The number of alkyl halides is 3. The van der Waals surface area contributed by atoms with E-state index in [9.17, 15) is 13.2 Å². The summed E-state index contributed by atoms with van der Waals surface area (Å²) in [5, 5.41) is 6.14. The maximum Gasteiger partial charge on any atom is 0.413 e. The molecule has 5 heteroatoms. The summed E-state index contributed by atoms with van der Waals surface area (Å²) in [7, 11) is 0. The lowest BCUT2D eigenvalue weighted by Crippen LogP contribution is -2.23. The molecule has 0 saturated carbocycles. The molecule has 1 nitrogen and oxygen atoms in total. The quantitative estimate of drug-likeness (QED) is 0.632. The van der Waals surface area contributed by atoms with Crippen molar-refractivity contribution in [3.63, 3.8) is 0 Å². The Morgan fingerprint density at radius 3 is 2.20 bits per heavy atom. The molecule has 0 heterocycles. The van der Waals surface area contributed by atoms with Crippen molar-refractivity contribution in [1.82, 2.24) is 0 Å². The van der Waals surface area contributed by atoms with E-state index in [2.05, 4.69) is 0 Å². The molecule has 0 aromatic rings. The van der Waals surface area contributed by atoms with Crippen molar-refractivity contribution in [2.45, 2.75) is 18.3 Å². The molecule has 0 amide bonds. The van der Waals surface area contributed by atoms with Crippen LogP contribution in [0.3, 0.4) is 0 Å². The summed E-state index contributed by atoms with van der Waals surface area (Å²) in [6.45, 7) is 1.58. The second-order valence-electron chi connectivity index (χ2n) is 1.51. The Morgan fingerprint density at radius 2 is 2.10 bits per heavy atom. The van der Waals surface area contributed by atoms with Crippen molar-refractivity contribution in [2.24, 2.45) is 0 Å². The number of hydrogen-bond donors (Lipinski definition) is 0. The van der Waals surface area contributed by atoms with Gasteiger partial charge < -0.3 is 0 Å². The zero-order valence-corrected chi connectivity index (χ0v) is 6.09. The lowest BCUT2D eigenvalue weighted by Gasteiger charge is -2.10. The third kappa shape index (κ3) is 2.97. The van der Waals surface area contributed by atoms with Crippen molar-refractivity contribution in [3.05, 3.63) is 0 Å². The molecular weight excluding hydrogens is 163 g/mol. The first-order valence-electron chi connectivity index (χ1n) is 2.60. The van der Waals surface area contributed by atoms with Crippen LogP contribution in [0.4, 0.5) is 13.2 Å². The summed E-state index contributed by atoms with van der Waals surface area (Å²) >= 11 is 0.597. The van der Waals surface area contributed by atoms with E-state index in [0.717, 1.165) is 0 Å². The van der Waals surface area contributed by atoms with Gasteiger partial charge in [0.25, 0.3) is 0 Å². The minimum absolute atomic E-state index is 0.303. The Bertz CT molecular complexity index is 137. The Kier molecular flexibility index (Phi) is 3.58. The van der Waals surface area contributed by atoms with E-state index in [1.807, 2.05) is 0 Å². The van der Waals surface area contributed by atoms with E-state index in [4.69, 9.17) is 5.26 Å². The van der Waals surface area contributed by atoms with Gasteiger partial charge in [-0.15, -0.1) is 11.8 Å². The minimum Gasteiger partial charge on any atom is -0.197 e. The van der Waals surface area contributed by atoms with Crippen LogP contribution in [0.25, 0.3) is 0 Å². The van der Waals surface area contributed by atoms with Gasteiger partial charge in [0.15, 0.2) is 5.25 Å². The topological polar surface area (TPSA) is 23.8 Å². The van der Waals surface area contributed by atoms with Crippen molar-refractivity contribution >= 4 is 11.8 Å². The fourth-order valence-electron chi connectivity index (χ4n) is 0.372. The minimum atomic E-state index is -4.38. The van der Waals surface area contributed by atoms with Crippen LogP contribution in [0.15, 0.2) is 0 Å². The van der Waals surface area contributed by atoms with Gasteiger partial charge in [-0.05, 0) is 5.75 Å². The molecule has 0 radical (unpaired) electrons. The summed E-state index contributed by atoms with van der Waals surface area (Å²) in [4.78, 5) is 0. The maximum atomic E-state index is 11.7. The first-order chi connectivity index (χ1) is 4.52. The highest BCUT2D eigenvalue weighted by Gasteiger charge is 2.39. The van der Waals surface area contributed by atoms with E-state index in [1.165, 1.54) is 6.07 Å². The summed E-state index contributed by atoms with van der Waals surface area (Å²) in [6.07, 6.45) is -4.38. The molecule has 0 spiro atoms. The predicted octanol–water partition coefficient (Wildman–Crippen LogP) is 2.19. The lowest BCUT2D eigenvalue weighted by molar-refractivity contribution is -0.118. The van der Waals surface area contributed by atoms with Crippen LogP contribution < -0.4 is 0 Å². The standard InChI is InChI=1S/C5H6F3NS/c1-2-10-4(3-9)5(6,7)8/h4H,2H2,1H3. The van der Waals surface area contributed by atoms with Crippen LogP contribution in [0.2, 0.25) is 0 Å². The van der Waals surface area contributed by atoms with Crippen LogP contribution in [-0.4, -0.2) is 17.2 Å². The van der Waals surface area contributed by atoms with E-state index >= 15 is 0 Å². The third-order valence-corrected chi connectivity index (χ3v) is 1.79. The van der Waals surface area contributed by atoms with E-state index in [0.29, 0.717) is 17.5 Å². The molecule has 0 aliphatic rings. The molecule has 0 bridgehead atoms. The second-order valence-corrected chi connectivity index (χ2v) is 2.89. The largest absolute Gasteiger partial charge is 0.413 e. The fourth-order valence-corrected chi connectivity index (χ4v) is 0.968. The summed E-state index contributed by atoms with van der Waals surface area (Å²) < 4.78 is 35.0. The molecule has 1 atom stereocenters. The van der Waals surface area contributed by atoms with Crippen molar-refractivity contribution in [2.75, 3.05) is 5.75 Å². The molecule has 1 unspecified atom stereocenters. The number of rotatable bonds is 2. The second kappa shape index (κ2) is 3.71. The number of halogens is 3. The van der Waals surface area contributed by atoms with E-state index in [1.54, 1.807) is 6.92 Å². The highest BCUT2D eigenvalue weighted by atomic mass is 32.2. The molecule has 0 aliphatic heterocycles. The average Bonchev–Trinajstić information content (AvgIpc) is 1.80. The molecule has 58 valence electrons. The number of thioether (sulfide) groups is 1. The number of hydrogen-bond acceptors (Lipinski definition) is 2. The zero-order valence-electron chi connectivity index (χ0n) is 5.27. The lowest BCUT2D eigenvalue weighted by atomic mass is 10.5. The van der Waals surface area contributed by atoms with Gasteiger partial charge in [0.2, 0.25) is 0 Å². The third-order valence-electron chi connectivity index (χ3n) is 0.748. The fraction of sp³-hybridized carbons (Fsp3) is 0.800. The SMILES string of the molecule is CCSC(C#N)C(F)(F)F. The average molecular weight is 169 g/mol. The van der Waals surface area contributed by atoms with Crippen LogP contribution in [-0.2, 0) is 0 Å². The summed E-state index contributed by atoms with van der Waals surface area (Å²) in [6, 6.07) is 1.18. The van der Waals surface area contributed by atoms with Gasteiger partial charge in [-0.2, -0.15) is 18.4 Å². The van der Waals surface area contributed by atoms with Crippen molar-refractivity contribution in [1.29, 1.82) is 5.26 Å². The van der Waals surface area contributed by atoms with E-state index < -0.39 is 11.4 Å². The highest BCUT2D eigenvalue weighted by molar-refractivity contribution is 8.00. The van der Waals surface area contributed by atoms with Crippen LogP contribution in [0.5, 0.6) is 0 Å². The van der Waals surface area contributed by atoms with Crippen LogP contribution in [0, 0.1) is 11.3 Å².